The second kappa shape index (κ2) is 11.1. The minimum Gasteiger partial charge on any atom is -0.490 e. The van der Waals surface area contributed by atoms with Crippen molar-refractivity contribution in [2.24, 2.45) is 5.92 Å². The van der Waals surface area contributed by atoms with E-state index < -0.39 is 59.6 Å². The number of hydrogen-bond donors (Lipinski definition) is 2. The number of methoxy groups -OCH3 is 1. The van der Waals surface area contributed by atoms with E-state index in [9.17, 15) is 31.9 Å². The molecule has 198 valence electrons. The highest BCUT2D eigenvalue weighted by molar-refractivity contribution is 5.95. The van der Waals surface area contributed by atoms with Crippen molar-refractivity contribution in [1.29, 1.82) is 0 Å². The summed E-state index contributed by atoms with van der Waals surface area (Å²) >= 11 is 0. The van der Waals surface area contributed by atoms with Crippen LogP contribution in [0.4, 0.5) is 27.6 Å². The Kier molecular flexibility index (Phi) is 8.52. The quantitative estimate of drug-likeness (QED) is 0.379. The summed E-state index contributed by atoms with van der Waals surface area (Å²) in [4.78, 5) is 17.1. The van der Waals surface area contributed by atoms with Gasteiger partial charge in [0.05, 0.1) is 18.9 Å². The van der Waals surface area contributed by atoms with E-state index in [0.717, 1.165) is 19.1 Å². The number of nitrogens with one attached hydrogen (secondary N) is 1. The number of halogens is 5. The van der Waals surface area contributed by atoms with E-state index in [-0.39, 0.29) is 30.2 Å². The Morgan fingerprint density at radius 2 is 1.97 bits per heavy atom. The second-order valence-corrected chi connectivity index (χ2v) is 8.62. The number of ether oxygens (including phenoxy) is 3. The largest absolute Gasteiger partial charge is 0.490 e. The van der Waals surface area contributed by atoms with E-state index in [0.29, 0.717) is 6.42 Å². The van der Waals surface area contributed by atoms with Gasteiger partial charge < -0.3 is 24.6 Å². The standard InChI is InChI=1S/C24H27F5N2O5/c1-13-18(16-5-6-17(25)19(26)20(16)35-10-4-9-34-3)21(36-23(13,2)24(27,28)29)22(33)31-14-7-8-30-15(11-14)12-32/h5-8,11,13,18,21,32H,4,9-10,12H2,1-3H3,(H,30,31,33)/t13-,18-,21+,23+/m0/s1. The fraction of sp³-hybridized carbons (Fsp3) is 0.500. The minimum atomic E-state index is -4.88. The van der Waals surface area contributed by atoms with Gasteiger partial charge in [0.25, 0.3) is 5.91 Å². The number of aliphatic hydroxyl groups is 1. The van der Waals surface area contributed by atoms with Crippen LogP contribution in [-0.4, -0.2) is 54.2 Å². The average molecular weight is 518 g/mol. The lowest BCUT2D eigenvalue weighted by Crippen LogP contribution is -2.47. The van der Waals surface area contributed by atoms with Crippen LogP contribution in [0.15, 0.2) is 30.5 Å². The zero-order valence-electron chi connectivity index (χ0n) is 19.9. The first kappa shape index (κ1) is 27.8. The summed E-state index contributed by atoms with van der Waals surface area (Å²) in [6.07, 6.45) is -5.00. The predicted molar refractivity (Wildman–Crippen MR) is 118 cm³/mol. The molecule has 2 heterocycles. The normalized spacial score (nSPS) is 24.1. The van der Waals surface area contributed by atoms with E-state index in [4.69, 9.17) is 14.2 Å². The molecule has 0 radical (unpaired) electrons. The topological polar surface area (TPSA) is 89.9 Å². The van der Waals surface area contributed by atoms with Gasteiger partial charge in [-0.2, -0.15) is 17.6 Å². The number of nitrogens with zero attached hydrogens (tertiary/aromatic N) is 1. The van der Waals surface area contributed by atoms with Crippen LogP contribution in [0.3, 0.4) is 0 Å². The third-order valence-electron chi connectivity index (χ3n) is 6.35. The maximum Gasteiger partial charge on any atom is 0.417 e. The Bertz CT molecular complexity index is 1080. The first-order valence-corrected chi connectivity index (χ1v) is 11.2. The minimum absolute atomic E-state index is 0.0997. The summed E-state index contributed by atoms with van der Waals surface area (Å²) < 4.78 is 86.9. The smallest absolute Gasteiger partial charge is 0.417 e. The zero-order valence-corrected chi connectivity index (χ0v) is 19.9. The molecule has 0 bridgehead atoms. The fourth-order valence-electron chi connectivity index (χ4n) is 4.21. The van der Waals surface area contributed by atoms with Gasteiger partial charge in [-0.05, 0) is 25.1 Å². The molecular formula is C24H27F5N2O5. The Morgan fingerprint density at radius 1 is 1.25 bits per heavy atom. The van der Waals surface area contributed by atoms with Gasteiger partial charge in [0.15, 0.2) is 17.2 Å². The fourth-order valence-corrected chi connectivity index (χ4v) is 4.21. The average Bonchev–Trinajstić information content (AvgIpc) is 3.11. The molecule has 1 aliphatic heterocycles. The molecule has 12 heteroatoms. The highest BCUT2D eigenvalue weighted by atomic mass is 19.4. The molecule has 0 spiro atoms. The number of aliphatic hydroxyl groups excluding tert-OH is 1. The maximum absolute atomic E-state index is 14.8. The van der Waals surface area contributed by atoms with Gasteiger partial charge in [0.1, 0.15) is 6.10 Å². The summed E-state index contributed by atoms with van der Waals surface area (Å²) in [5.74, 6) is -6.88. The highest BCUT2D eigenvalue weighted by Gasteiger charge is 2.65. The van der Waals surface area contributed by atoms with Crippen LogP contribution in [0.1, 0.15) is 37.4 Å². The van der Waals surface area contributed by atoms with Crippen LogP contribution in [0.25, 0.3) is 0 Å². The Morgan fingerprint density at radius 3 is 2.61 bits per heavy atom. The molecule has 0 saturated carbocycles. The van der Waals surface area contributed by atoms with Gasteiger partial charge in [-0.15, -0.1) is 0 Å². The van der Waals surface area contributed by atoms with Crippen molar-refractivity contribution in [3.05, 3.63) is 53.4 Å². The molecule has 2 aromatic rings. The number of carbonyl (C=O) groups excluding carboxylic acids is 1. The van der Waals surface area contributed by atoms with Gasteiger partial charge in [-0.3, -0.25) is 9.78 Å². The first-order valence-electron chi connectivity index (χ1n) is 11.2. The molecule has 4 atom stereocenters. The van der Waals surface area contributed by atoms with Crippen LogP contribution >= 0.6 is 0 Å². The molecule has 0 unspecified atom stereocenters. The van der Waals surface area contributed by atoms with E-state index in [2.05, 4.69) is 10.3 Å². The Balaban J connectivity index is 2.04. The van der Waals surface area contributed by atoms with Crippen molar-refractivity contribution in [3.63, 3.8) is 0 Å². The van der Waals surface area contributed by atoms with Gasteiger partial charge in [-0.1, -0.05) is 13.0 Å². The number of amides is 1. The summed E-state index contributed by atoms with van der Waals surface area (Å²) in [6, 6.07) is 4.60. The molecule has 3 rings (SSSR count). The molecule has 36 heavy (non-hydrogen) atoms. The van der Waals surface area contributed by atoms with E-state index in [1.54, 1.807) is 0 Å². The van der Waals surface area contributed by atoms with Crippen molar-refractivity contribution in [2.75, 3.05) is 25.6 Å². The third kappa shape index (κ3) is 5.45. The number of pyridine rings is 1. The van der Waals surface area contributed by atoms with Gasteiger partial charge >= 0.3 is 6.18 Å². The van der Waals surface area contributed by atoms with Crippen molar-refractivity contribution >= 4 is 11.6 Å². The van der Waals surface area contributed by atoms with Crippen LogP contribution in [0, 0.1) is 17.6 Å². The van der Waals surface area contributed by atoms with E-state index >= 15 is 0 Å². The number of aromatic nitrogens is 1. The Hall–Kier alpha value is -2.83. The van der Waals surface area contributed by atoms with E-state index in [1.807, 2.05) is 0 Å². The molecule has 1 aliphatic rings. The first-order chi connectivity index (χ1) is 16.9. The number of carbonyl (C=O) groups is 1. The van der Waals surface area contributed by atoms with E-state index in [1.165, 1.54) is 32.4 Å². The molecule has 7 nitrogen and oxygen atoms in total. The molecule has 1 amide bonds. The van der Waals surface area contributed by atoms with Crippen molar-refractivity contribution in [1.82, 2.24) is 4.98 Å². The number of alkyl halides is 3. The molecule has 1 aromatic carbocycles. The van der Waals surface area contributed by atoms with Crippen molar-refractivity contribution in [3.8, 4) is 5.75 Å². The second-order valence-electron chi connectivity index (χ2n) is 8.62. The SMILES string of the molecule is COCCCOc1c([C@H]2[C@H](C(=O)Nc3ccnc(CO)c3)O[C@@](C)(C(F)(F)F)[C@H]2C)ccc(F)c1F. The van der Waals surface area contributed by atoms with Crippen LogP contribution in [0.2, 0.25) is 0 Å². The summed E-state index contributed by atoms with van der Waals surface area (Å²) in [5.41, 5.74) is -2.52. The van der Waals surface area contributed by atoms with Crippen LogP contribution in [-0.2, 0) is 20.9 Å². The van der Waals surface area contributed by atoms with Gasteiger partial charge in [0.2, 0.25) is 5.82 Å². The zero-order chi connectivity index (χ0) is 26.7. The van der Waals surface area contributed by atoms with Crippen LogP contribution < -0.4 is 10.1 Å². The molecule has 2 N–H and O–H groups in total. The number of benzene rings is 1. The highest BCUT2D eigenvalue weighted by Crippen LogP contribution is 2.55. The molecule has 1 saturated heterocycles. The van der Waals surface area contributed by atoms with Crippen molar-refractivity contribution < 1.29 is 46.1 Å². The van der Waals surface area contributed by atoms with Crippen molar-refractivity contribution in [2.45, 2.75) is 50.7 Å². The summed E-state index contributed by atoms with van der Waals surface area (Å²) in [7, 11) is 1.44. The number of rotatable bonds is 9. The van der Waals surface area contributed by atoms with Gasteiger partial charge in [0, 0.05) is 49.4 Å². The number of hydrogen-bond acceptors (Lipinski definition) is 6. The molecule has 1 aromatic heterocycles. The molecular weight excluding hydrogens is 491 g/mol. The lowest BCUT2D eigenvalue weighted by molar-refractivity contribution is -0.272. The molecule has 0 aliphatic carbocycles. The van der Waals surface area contributed by atoms with Gasteiger partial charge in [-0.25, -0.2) is 4.39 Å². The lowest BCUT2D eigenvalue weighted by Gasteiger charge is -2.32. The Labute approximate surface area is 204 Å². The molecule has 1 fully saturated rings. The maximum atomic E-state index is 14.8. The lowest BCUT2D eigenvalue weighted by atomic mass is 9.77. The summed E-state index contributed by atoms with van der Waals surface area (Å²) in [6.45, 7) is 1.78. The predicted octanol–water partition coefficient (Wildman–Crippen LogP) is 4.35. The monoisotopic (exact) mass is 518 g/mol. The number of anilines is 1. The van der Waals surface area contributed by atoms with Crippen LogP contribution in [0.5, 0.6) is 5.75 Å². The summed E-state index contributed by atoms with van der Waals surface area (Å²) in [5, 5.41) is 11.7. The third-order valence-corrected chi connectivity index (χ3v) is 6.35.